The van der Waals surface area contributed by atoms with Gasteiger partial charge in [0.05, 0.1) is 24.9 Å². The van der Waals surface area contributed by atoms with Crippen LogP contribution in [0.2, 0.25) is 0 Å². The number of hydrogen-bond acceptors (Lipinski definition) is 4. The molecule has 0 radical (unpaired) electrons. The zero-order valence-corrected chi connectivity index (χ0v) is 11.4. The van der Waals surface area contributed by atoms with Gasteiger partial charge in [-0.2, -0.15) is 0 Å². The summed E-state index contributed by atoms with van der Waals surface area (Å²) in [4.78, 5) is 20.9. The van der Waals surface area contributed by atoms with Crippen molar-refractivity contribution in [3.8, 4) is 0 Å². The second-order valence-electron chi connectivity index (χ2n) is 3.63. The maximum atomic E-state index is 11.5. The van der Waals surface area contributed by atoms with Crippen molar-refractivity contribution in [3.05, 3.63) is 35.4 Å². The summed E-state index contributed by atoms with van der Waals surface area (Å²) in [7, 11) is -3.58. The molecule has 0 aliphatic carbocycles. The molecule has 18 heavy (non-hydrogen) atoms. The van der Waals surface area contributed by atoms with Crippen molar-refractivity contribution >= 4 is 13.6 Å². The molecule has 1 N–H and O–H groups in total. The largest absolute Gasteiger partial charge is 0.462 e. The Hall–Kier alpha value is -1.16. The lowest BCUT2D eigenvalue weighted by molar-refractivity contribution is 0.0526. The van der Waals surface area contributed by atoms with Crippen LogP contribution in [0.5, 0.6) is 0 Å². The molecule has 5 nitrogen and oxygen atoms in total. The molecule has 6 heteroatoms. The Kier molecular flexibility index (Phi) is 5.54. The maximum Gasteiger partial charge on any atom is 0.338 e. The van der Waals surface area contributed by atoms with E-state index in [0.29, 0.717) is 17.7 Å². The first-order valence-corrected chi connectivity index (χ1v) is 7.47. The molecule has 0 aliphatic rings. The first kappa shape index (κ1) is 14.9. The molecule has 1 aromatic rings. The highest BCUT2D eigenvalue weighted by molar-refractivity contribution is 7.51. The lowest BCUT2D eigenvalue weighted by Crippen LogP contribution is -2.04. The van der Waals surface area contributed by atoms with Gasteiger partial charge in [0.1, 0.15) is 0 Å². The minimum Gasteiger partial charge on any atom is -0.462 e. The van der Waals surface area contributed by atoms with Crippen LogP contribution in [-0.2, 0) is 20.0 Å². The van der Waals surface area contributed by atoms with Crippen LogP contribution in [0.25, 0.3) is 0 Å². The van der Waals surface area contributed by atoms with E-state index >= 15 is 0 Å². The number of rotatable bonds is 6. The van der Waals surface area contributed by atoms with Crippen LogP contribution in [0.3, 0.4) is 0 Å². The monoisotopic (exact) mass is 272 g/mol. The van der Waals surface area contributed by atoms with Crippen molar-refractivity contribution in [2.24, 2.45) is 0 Å². The van der Waals surface area contributed by atoms with E-state index in [-0.39, 0.29) is 12.8 Å². The molecule has 0 heterocycles. The van der Waals surface area contributed by atoms with Crippen molar-refractivity contribution in [2.75, 3.05) is 13.2 Å². The molecule has 0 amide bonds. The molecule has 0 aliphatic heterocycles. The molecule has 0 aromatic heterocycles. The molecule has 0 saturated heterocycles. The van der Waals surface area contributed by atoms with Gasteiger partial charge in [-0.25, -0.2) is 4.79 Å². The third-order valence-corrected chi connectivity index (χ3v) is 3.60. The van der Waals surface area contributed by atoms with Gasteiger partial charge in [0.15, 0.2) is 0 Å². The highest BCUT2D eigenvalue weighted by Crippen LogP contribution is 2.45. The first-order valence-electron chi connectivity index (χ1n) is 5.71. The summed E-state index contributed by atoms with van der Waals surface area (Å²) in [5.74, 6) is -0.402. The number of esters is 1. The Balaban J connectivity index is 2.71. The van der Waals surface area contributed by atoms with Gasteiger partial charge >= 0.3 is 13.6 Å². The van der Waals surface area contributed by atoms with Crippen LogP contribution in [0.4, 0.5) is 0 Å². The number of hydrogen-bond donors (Lipinski definition) is 1. The average Bonchev–Trinajstić information content (AvgIpc) is 2.29. The maximum absolute atomic E-state index is 11.5. The van der Waals surface area contributed by atoms with Gasteiger partial charge in [-0.05, 0) is 31.5 Å². The molecule has 100 valence electrons. The average molecular weight is 272 g/mol. The Morgan fingerprint density at radius 3 is 2.33 bits per heavy atom. The number of carbonyl (C=O) groups is 1. The van der Waals surface area contributed by atoms with Gasteiger partial charge in [0.25, 0.3) is 0 Å². The molecule has 1 atom stereocenters. The van der Waals surface area contributed by atoms with Crippen LogP contribution in [0.1, 0.15) is 29.8 Å². The standard InChI is InChI=1S/C12H17O5P/c1-3-16-12(13)11-7-5-10(6-8-11)9-18(14,15)17-4-2/h5-8H,3-4,9H2,1-2H3,(H,14,15). The molecule has 1 rings (SSSR count). The predicted molar refractivity (Wildman–Crippen MR) is 67.6 cm³/mol. The van der Waals surface area contributed by atoms with E-state index in [4.69, 9.17) is 9.26 Å². The topological polar surface area (TPSA) is 72.8 Å². The fourth-order valence-corrected chi connectivity index (χ4v) is 2.61. The lowest BCUT2D eigenvalue weighted by Gasteiger charge is -2.10. The summed E-state index contributed by atoms with van der Waals surface area (Å²) >= 11 is 0. The van der Waals surface area contributed by atoms with Crippen LogP contribution in [0.15, 0.2) is 24.3 Å². The SMILES string of the molecule is CCOC(=O)c1ccc(CP(=O)(O)OCC)cc1. The summed E-state index contributed by atoms with van der Waals surface area (Å²) < 4.78 is 21.2. The van der Waals surface area contributed by atoms with Crippen molar-refractivity contribution in [1.29, 1.82) is 0 Å². The molecule has 0 bridgehead atoms. The van der Waals surface area contributed by atoms with Crippen LogP contribution in [-0.4, -0.2) is 24.1 Å². The smallest absolute Gasteiger partial charge is 0.338 e. The molecule has 1 unspecified atom stereocenters. The highest BCUT2D eigenvalue weighted by atomic mass is 31.2. The van der Waals surface area contributed by atoms with Gasteiger partial charge in [-0.15, -0.1) is 0 Å². The minimum absolute atomic E-state index is 0.0655. The first-order chi connectivity index (χ1) is 8.48. The van der Waals surface area contributed by atoms with Crippen molar-refractivity contribution in [1.82, 2.24) is 0 Å². The van der Waals surface area contributed by atoms with E-state index in [1.54, 1.807) is 38.1 Å². The summed E-state index contributed by atoms with van der Waals surface area (Å²) in [5.41, 5.74) is 1.06. The number of carbonyl (C=O) groups excluding carboxylic acids is 1. The fourth-order valence-electron chi connectivity index (χ4n) is 1.44. The normalized spacial score (nSPS) is 13.9. The Morgan fingerprint density at radius 1 is 1.22 bits per heavy atom. The lowest BCUT2D eigenvalue weighted by atomic mass is 10.1. The van der Waals surface area contributed by atoms with E-state index in [9.17, 15) is 14.3 Å². The molecule has 0 saturated carbocycles. The number of benzene rings is 1. The van der Waals surface area contributed by atoms with Crippen LogP contribution >= 0.6 is 7.60 Å². The Bertz CT molecular complexity index is 440. The van der Waals surface area contributed by atoms with Crippen molar-refractivity contribution in [2.45, 2.75) is 20.0 Å². The van der Waals surface area contributed by atoms with Crippen molar-refractivity contribution < 1.29 is 23.5 Å². The van der Waals surface area contributed by atoms with Gasteiger partial charge in [0.2, 0.25) is 0 Å². The summed E-state index contributed by atoms with van der Waals surface area (Å²) in [5, 5.41) is 0. The summed E-state index contributed by atoms with van der Waals surface area (Å²) in [6.45, 7) is 3.90. The van der Waals surface area contributed by atoms with Gasteiger partial charge in [-0.3, -0.25) is 4.57 Å². The molecule has 0 spiro atoms. The molecule has 0 fully saturated rings. The van der Waals surface area contributed by atoms with Gasteiger partial charge < -0.3 is 14.2 Å². The van der Waals surface area contributed by atoms with Gasteiger partial charge in [0, 0.05) is 0 Å². The van der Waals surface area contributed by atoms with E-state index in [0.717, 1.165) is 0 Å². The van der Waals surface area contributed by atoms with Crippen LogP contribution < -0.4 is 0 Å². The number of ether oxygens (including phenoxy) is 1. The van der Waals surface area contributed by atoms with Crippen molar-refractivity contribution in [3.63, 3.8) is 0 Å². The quantitative estimate of drug-likeness (QED) is 0.636. The third-order valence-electron chi connectivity index (χ3n) is 2.18. The van der Waals surface area contributed by atoms with Gasteiger partial charge in [-0.1, -0.05) is 12.1 Å². The Morgan fingerprint density at radius 2 is 1.83 bits per heavy atom. The highest BCUT2D eigenvalue weighted by Gasteiger charge is 2.19. The molecular weight excluding hydrogens is 255 g/mol. The molecular formula is C12H17O5P. The zero-order valence-electron chi connectivity index (χ0n) is 10.5. The predicted octanol–water partition coefficient (Wildman–Crippen LogP) is 2.59. The van der Waals surface area contributed by atoms with Crippen LogP contribution in [0, 0.1) is 0 Å². The third kappa shape index (κ3) is 4.61. The summed E-state index contributed by atoms with van der Waals surface area (Å²) in [6.07, 6.45) is -0.0655. The minimum atomic E-state index is -3.58. The second-order valence-corrected chi connectivity index (χ2v) is 5.48. The van der Waals surface area contributed by atoms with E-state index in [1.807, 2.05) is 0 Å². The molecule has 1 aromatic carbocycles. The van der Waals surface area contributed by atoms with E-state index < -0.39 is 13.6 Å². The zero-order chi connectivity index (χ0) is 13.6. The second kappa shape index (κ2) is 6.69. The van der Waals surface area contributed by atoms with E-state index in [1.165, 1.54) is 0 Å². The summed E-state index contributed by atoms with van der Waals surface area (Å²) in [6, 6.07) is 6.38. The Labute approximate surface area is 106 Å². The van der Waals surface area contributed by atoms with E-state index in [2.05, 4.69) is 0 Å². The fraction of sp³-hybridized carbons (Fsp3) is 0.417.